The maximum Gasteiger partial charge on any atom is 0.327 e. The lowest BCUT2D eigenvalue weighted by atomic mass is 9.81. The monoisotopic (exact) mass is 491 g/mol. The fourth-order valence-electron chi connectivity index (χ4n) is 5.23. The number of carbonyl (C=O) groups excluding carboxylic acids is 4. The van der Waals surface area contributed by atoms with Crippen molar-refractivity contribution in [1.82, 2.24) is 9.80 Å². The second kappa shape index (κ2) is 11.8. The van der Waals surface area contributed by atoms with Crippen molar-refractivity contribution in [2.75, 3.05) is 19.0 Å². The topological polar surface area (TPSA) is 96.0 Å². The fraction of sp³-hybridized carbons (Fsp3) is 0.429. The molecule has 0 radical (unpaired) electrons. The summed E-state index contributed by atoms with van der Waals surface area (Å²) in [5.74, 6) is 0.184. The number of hydrogen-bond donors (Lipinski definition) is 1. The van der Waals surface area contributed by atoms with Gasteiger partial charge in [0.05, 0.1) is 19.6 Å². The first-order valence-corrected chi connectivity index (χ1v) is 12.6. The van der Waals surface area contributed by atoms with Crippen LogP contribution in [0.4, 0.5) is 10.5 Å². The van der Waals surface area contributed by atoms with Crippen molar-refractivity contribution in [2.24, 2.45) is 5.92 Å². The highest BCUT2D eigenvalue weighted by atomic mass is 16.5. The van der Waals surface area contributed by atoms with Crippen molar-refractivity contribution in [1.29, 1.82) is 0 Å². The largest absolute Gasteiger partial charge is 0.496 e. The molecule has 1 aliphatic heterocycles. The second-order valence-corrected chi connectivity index (χ2v) is 9.42. The van der Waals surface area contributed by atoms with E-state index in [4.69, 9.17) is 4.74 Å². The summed E-state index contributed by atoms with van der Waals surface area (Å²) in [7, 11) is 1.56. The highest BCUT2D eigenvalue weighted by molar-refractivity contribution is 5.98. The van der Waals surface area contributed by atoms with Crippen LogP contribution in [0.3, 0.4) is 0 Å². The second-order valence-electron chi connectivity index (χ2n) is 9.42. The van der Waals surface area contributed by atoms with E-state index in [1.54, 1.807) is 30.2 Å². The van der Waals surface area contributed by atoms with Crippen LogP contribution in [0.1, 0.15) is 60.9 Å². The molecule has 2 aromatic carbocycles. The number of para-hydroxylation sites is 1. The van der Waals surface area contributed by atoms with Gasteiger partial charge in [-0.1, -0.05) is 31.0 Å². The van der Waals surface area contributed by atoms with Gasteiger partial charge in [0, 0.05) is 35.8 Å². The molecule has 0 aromatic heterocycles. The van der Waals surface area contributed by atoms with E-state index in [2.05, 4.69) is 5.32 Å². The Morgan fingerprint density at radius 2 is 1.86 bits per heavy atom. The summed E-state index contributed by atoms with van der Waals surface area (Å²) >= 11 is 0. The highest BCUT2D eigenvalue weighted by Gasteiger charge is 2.46. The van der Waals surface area contributed by atoms with Crippen LogP contribution in [-0.2, 0) is 16.1 Å². The minimum atomic E-state index is -0.310. The lowest BCUT2D eigenvalue weighted by molar-refractivity contribution is -0.140. The van der Waals surface area contributed by atoms with Gasteiger partial charge in [0.2, 0.25) is 11.8 Å². The fourth-order valence-corrected chi connectivity index (χ4v) is 5.23. The average Bonchev–Trinajstić information content (AvgIpc) is 2.91. The molecular weight excluding hydrogens is 458 g/mol. The molecule has 1 saturated carbocycles. The molecule has 2 atom stereocenters. The number of fused-ring (bicyclic) bond motifs is 1. The van der Waals surface area contributed by atoms with E-state index in [0.29, 0.717) is 30.6 Å². The van der Waals surface area contributed by atoms with Crippen molar-refractivity contribution >= 4 is 29.8 Å². The molecule has 1 aliphatic carbocycles. The number of nitrogens with one attached hydrogen (secondary N) is 1. The summed E-state index contributed by atoms with van der Waals surface area (Å²) in [5, 5.41) is 2.86. The molecular formula is C28H33N3O5. The number of nitrogens with zero attached hydrogens (tertiary/aromatic N) is 2. The number of unbranched alkanes of at least 4 members (excludes halogenated alkanes) is 1. The summed E-state index contributed by atoms with van der Waals surface area (Å²) in [6.45, 7) is 0.551. The van der Waals surface area contributed by atoms with E-state index in [1.807, 2.05) is 30.3 Å². The minimum Gasteiger partial charge on any atom is -0.496 e. The minimum absolute atomic E-state index is 0.0892. The van der Waals surface area contributed by atoms with Crippen LogP contribution in [-0.4, -0.2) is 53.6 Å². The number of carbonyl (C=O) groups is 4. The first kappa shape index (κ1) is 25.4. The zero-order valence-electron chi connectivity index (χ0n) is 20.7. The SMILES string of the molecule is COc1ccc(C=O)cc1CN1C(=O)N(CCCCC(=O)Nc2ccccc2)C(=O)C2CCCCC21. The average molecular weight is 492 g/mol. The molecule has 4 amide bonds. The Morgan fingerprint density at radius 3 is 2.61 bits per heavy atom. The van der Waals surface area contributed by atoms with Crippen LogP contribution in [0.2, 0.25) is 0 Å². The number of imide groups is 1. The van der Waals surface area contributed by atoms with Crippen LogP contribution < -0.4 is 10.1 Å². The van der Waals surface area contributed by atoms with Gasteiger partial charge in [-0.15, -0.1) is 0 Å². The van der Waals surface area contributed by atoms with Crippen LogP contribution in [0.25, 0.3) is 0 Å². The predicted octanol–water partition coefficient (Wildman–Crippen LogP) is 4.64. The Labute approximate surface area is 211 Å². The smallest absolute Gasteiger partial charge is 0.327 e. The first-order chi connectivity index (χ1) is 17.5. The Bertz CT molecular complexity index is 1100. The van der Waals surface area contributed by atoms with E-state index in [0.717, 1.165) is 43.2 Å². The number of urea groups is 1. The maximum absolute atomic E-state index is 13.6. The third kappa shape index (κ3) is 5.75. The lowest BCUT2D eigenvalue weighted by Crippen LogP contribution is -2.62. The summed E-state index contributed by atoms with van der Waals surface area (Å²) in [5.41, 5.74) is 2.00. The molecule has 2 aliphatic rings. The standard InChI is InChI=1S/C28H33N3O5/c1-36-25-15-14-20(19-32)17-21(25)18-31-24-12-6-5-11-23(24)27(34)30(28(31)35)16-8-7-13-26(33)29-22-9-3-2-4-10-22/h2-4,9-10,14-15,17,19,23-24H,5-8,11-13,16,18H2,1H3,(H,29,33). The number of benzene rings is 2. The number of amides is 4. The zero-order valence-corrected chi connectivity index (χ0v) is 20.7. The zero-order chi connectivity index (χ0) is 25.5. The molecule has 0 spiro atoms. The van der Waals surface area contributed by atoms with Gasteiger partial charge < -0.3 is 15.0 Å². The van der Waals surface area contributed by atoms with E-state index in [-0.39, 0.29) is 42.9 Å². The van der Waals surface area contributed by atoms with Crippen LogP contribution in [0, 0.1) is 5.92 Å². The van der Waals surface area contributed by atoms with Crippen LogP contribution >= 0.6 is 0 Å². The molecule has 1 N–H and O–H groups in total. The van der Waals surface area contributed by atoms with Gasteiger partial charge in [-0.2, -0.15) is 0 Å². The van der Waals surface area contributed by atoms with Gasteiger partial charge in [-0.25, -0.2) is 4.79 Å². The third-order valence-electron chi connectivity index (χ3n) is 7.06. The van der Waals surface area contributed by atoms with Gasteiger partial charge in [0.1, 0.15) is 12.0 Å². The molecule has 2 fully saturated rings. The molecule has 0 bridgehead atoms. The molecule has 1 saturated heterocycles. The number of methoxy groups -OCH3 is 1. The number of ether oxygens (including phenoxy) is 1. The Hall–Kier alpha value is -3.68. The van der Waals surface area contributed by atoms with Gasteiger partial charge in [-0.3, -0.25) is 19.3 Å². The molecule has 190 valence electrons. The summed E-state index contributed by atoms with van der Waals surface area (Å²) in [6.07, 6.45) is 5.69. The number of hydrogen-bond acceptors (Lipinski definition) is 5. The van der Waals surface area contributed by atoms with E-state index in [9.17, 15) is 19.2 Å². The van der Waals surface area contributed by atoms with E-state index < -0.39 is 0 Å². The van der Waals surface area contributed by atoms with Crippen molar-refractivity contribution in [3.8, 4) is 5.75 Å². The molecule has 2 unspecified atom stereocenters. The maximum atomic E-state index is 13.6. The summed E-state index contributed by atoms with van der Waals surface area (Å²) in [6, 6.07) is 14.0. The van der Waals surface area contributed by atoms with Crippen molar-refractivity contribution in [2.45, 2.75) is 57.5 Å². The first-order valence-electron chi connectivity index (χ1n) is 12.6. The van der Waals surface area contributed by atoms with Gasteiger partial charge >= 0.3 is 6.03 Å². The van der Waals surface area contributed by atoms with Crippen molar-refractivity contribution in [3.05, 3.63) is 59.7 Å². The normalized spacial score (nSPS) is 19.6. The molecule has 8 nitrogen and oxygen atoms in total. The molecule has 8 heteroatoms. The Balaban J connectivity index is 1.42. The molecule has 2 aromatic rings. The molecule has 36 heavy (non-hydrogen) atoms. The number of rotatable bonds is 10. The van der Waals surface area contributed by atoms with Gasteiger partial charge in [0.15, 0.2) is 0 Å². The van der Waals surface area contributed by atoms with Crippen molar-refractivity contribution in [3.63, 3.8) is 0 Å². The van der Waals surface area contributed by atoms with E-state index >= 15 is 0 Å². The van der Waals surface area contributed by atoms with Crippen LogP contribution in [0.15, 0.2) is 48.5 Å². The van der Waals surface area contributed by atoms with Gasteiger partial charge in [0.25, 0.3) is 0 Å². The Kier molecular flexibility index (Phi) is 8.36. The third-order valence-corrected chi connectivity index (χ3v) is 7.06. The number of aldehydes is 1. The lowest BCUT2D eigenvalue weighted by Gasteiger charge is -2.47. The quantitative estimate of drug-likeness (QED) is 0.386. The summed E-state index contributed by atoms with van der Waals surface area (Å²) < 4.78 is 5.48. The summed E-state index contributed by atoms with van der Waals surface area (Å²) in [4.78, 5) is 53.6. The molecule has 4 rings (SSSR count). The number of anilines is 1. The van der Waals surface area contributed by atoms with Crippen LogP contribution in [0.5, 0.6) is 5.75 Å². The highest BCUT2D eigenvalue weighted by Crippen LogP contribution is 2.36. The molecule has 1 heterocycles. The predicted molar refractivity (Wildman–Crippen MR) is 136 cm³/mol. The Morgan fingerprint density at radius 1 is 1.08 bits per heavy atom. The van der Waals surface area contributed by atoms with Crippen molar-refractivity contribution < 1.29 is 23.9 Å². The van der Waals surface area contributed by atoms with E-state index in [1.165, 1.54) is 4.90 Å². The van der Waals surface area contributed by atoms with Gasteiger partial charge in [-0.05, 0) is 56.0 Å².